The highest BCUT2D eigenvalue weighted by molar-refractivity contribution is 7.10. The van der Waals surface area contributed by atoms with Crippen LogP contribution in [-0.2, 0) is 55.2 Å². The number of rotatable bonds is 1. The minimum Gasteiger partial charge on any atom is -0.497 e. The molecule has 1 fully saturated rings. The molecule has 8 heterocycles. The highest BCUT2D eigenvalue weighted by Gasteiger charge is 2.27. The van der Waals surface area contributed by atoms with E-state index in [1.807, 2.05) is 109 Å². The number of thiophene rings is 1. The lowest BCUT2D eigenvalue weighted by Gasteiger charge is -2.33. The molecule has 0 atom stereocenters. The van der Waals surface area contributed by atoms with E-state index in [9.17, 15) is 0 Å². The van der Waals surface area contributed by atoms with Crippen LogP contribution in [0.4, 0.5) is 0 Å². The van der Waals surface area contributed by atoms with E-state index >= 15 is 0 Å². The third-order valence-electron chi connectivity index (χ3n) is 20.3. The molecule has 11 heteroatoms. The van der Waals surface area contributed by atoms with E-state index in [0.717, 1.165) is 46.1 Å². The molecular formula is C109H155N7O2S2. The van der Waals surface area contributed by atoms with Crippen molar-refractivity contribution in [2.24, 2.45) is 16.7 Å². The summed E-state index contributed by atoms with van der Waals surface area (Å²) in [4.78, 5) is 30.5. The average Bonchev–Trinajstić information content (AvgIpc) is 1.02. The van der Waals surface area contributed by atoms with Gasteiger partial charge in [0, 0.05) is 98.3 Å². The van der Waals surface area contributed by atoms with Crippen LogP contribution in [0, 0.1) is 16.7 Å². The number of fused-ring (bicyclic) bond motifs is 3. The van der Waals surface area contributed by atoms with Crippen LogP contribution in [0.3, 0.4) is 0 Å². The number of aromatic nitrogens is 7. The maximum atomic E-state index is 5.20. The first-order valence-corrected chi connectivity index (χ1v) is 45.0. The van der Waals surface area contributed by atoms with Crippen molar-refractivity contribution in [3.8, 4) is 5.75 Å². The Labute approximate surface area is 737 Å². The van der Waals surface area contributed by atoms with Gasteiger partial charge in [0.05, 0.1) is 23.9 Å². The van der Waals surface area contributed by atoms with Gasteiger partial charge in [-0.25, -0.2) is 15.0 Å². The second-order valence-corrected chi connectivity index (χ2v) is 44.5. The van der Waals surface area contributed by atoms with Crippen LogP contribution in [0.1, 0.15) is 321 Å². The Balaban J connectivity index is 0.000000279. The van der Waals surface area contributed by atoms with Crippen LogP contribution in [0.15, 0.2) is 247 Å². The third-order valence-corrected chi connectivity index (χ3v) is 22.8. The molecule has 0 bridgehead atoms. The molecule has 9 nitrogen and oxygen atoms in total. The molecule has 1 saturated carbocycles. The average molecular weight is 1660 g/mol. The first-order valence-electron chi connectivity index (χ1n) is 43.2. The molecule has 8 aromatic heterocycles. The van der Waals surface area contributed by atoms with Crippen molar-refractivity contribution in [3.05, 3.63) is 303 Å². The number of hydrogen-bond acceptors (Lipinski definition) is 11. The SMILES string of the molecule is CC(C)(C)C1=Cc2ccccc2C1.CC(C)(C)C1CCCCC1.CC(C)(C)c1cccc2ccccc12.CC(C)(C)c1ccccn1.CC(C)(C)c1cccnc1.CC(C)(C)c1ccco1.CC(C)(C)c1cccs1.CC(C)(C)c1ccncc1.CC(C)(C)c1cncnc1.CC(C)(C)c1nccs1.COc1ccc2nc(C(C)(C)C)ccc2c1. The first-order chi connectivity index (χ1) is 55.5. The minimum absolute atomic E-state index is 0.0914. The fourth-order valence-electron chi connectivity index (χ4n) is 12.4. The standard InChI is InChI=1S/C14H17NO.C14H16.C13H16.C10H20.3C9H13N.C8H12N2.C8H12O.C8H12S.C7H11NS/c1-14(2,3)13-8-5-10-9-11(16-4)6-7-12(10)15-13;1-14(2,3)13-10-6-8-11-7-4-5-9-12(11)13;1-13(2,3)12-8-10-6-4-5-7-11(10)9-12;1-10(2,3)9-7-5-4-6-8-9;1-9(2,3)8-4-6-10-7-5-8;1-9(2,3)8-5-4-6-10-7-8;1-9(2,3)8-6-4-5-7-10-8;1-8(2,3)7-4-9-6-10-5-7;2*1-8(2,3)7-5-4-6-9-7;1-7(2,3)6-8-4-5-9-6/h5-9H,1-4H3;4-10H,1-3H3;4-8H,9H2,1-3H3;9H,4-8H2,1-3H3;3*4-7H,1-3H3;4-6H,1-3H3;2*4-6H,1-3H3;4-5H,1-3H3. The second-order valence-electron chi connectivity index (χ2n) is 42.6. The molecule has 12 aromatic rings. The predicted molar refractivity (Wildman–Crippen MR) is 524 cm³/mol. The number of thiazole rings is 1. The lowest BCUT2D eigenvalue weighted by atomic mass is 9.72. The van der Waals surface area contributed by atoms with Crippen LogP contribution in [0.5, 0.6) is 5.75 Å². The number of nitrogens with zero attached hydrogens (tertiary/aromatic N) is 7. The molecule has 0 N–H and O–H groups in total. The van der Waals surface area contributed by atoms with E-state index in [0.29, 0.717) is 16.2 Å². The van der Waals surface area contributed by atoms with E-state index in [1.165, 1.54) is 86.1 Å². The van der Waals surface area contributed by atoms with Gasteiger partial charge in [0.1, 0.15) is 17.8 Å². The molecule has 2 aliphatic rings. The van der Waals surface area contributed by atoms with Gasteiger partial charge in [-0.15, -0.1) is 22.7 Å². The van der Waals surface area contributed by atoms with Crippen molar-refractivity contribution in [1.29, 1.82) is 0 Å². The van der Waals surface area contributed by atoms with Crippen molar-refractivity contribution in [1.82, 2.24) is 34.9 Å². The number of benzene rings is 4. The van der Waals surface area contributed by atoms with Gasteiger partial charge >= 0.3 is 0 Å². The summed E-state index contributed by atoms with van der Waals surface area (Å²) in [6, 6.07) is 56.3. The van der Waals surface area contributed by atoms with Crippen LogP contribution < -0.4 is 4.74 Å². The Morgan fingerprint density at radius 2 is 0.975 bits per heavy atom. The highest BCUT2D eigenvalue weighted by Crippen LogP contribution is 2.39. The van der Waals surface area contributed by atoms with Gasteiger partial charge in [0.2, 0.25) is 0 Å². The van der Waals surface area contributed by atoms with E-state index in [-0.39, 0.29) is 43.3 Å². The molecule has 650 valence electrons. The molecule has 2 aliphatic carbocycles. The molecule has 0 saturated heterocycles. The van der Waals surface area contributed by atoms with Crippen LogP contribution >= 0.6 is 22.7 Å². The lowest BCUT2D eigenvalue weighted by molar-refractivity contribution is 0.180. The van der Waals surface area contributed by atoms with Crippen LogP contribution in [-0.4, -0.2) is 42.0 Å². The molecule has 0 radical (unpaired) electrons. The van der Waals surface area contributed by atoms with Crippen molar-refractivity contribution in [3.63, 3.8) is 0 Å². The summed E-state index contributed by atoms with van der Waals surface area (Å²) >= 11 is 3.55. The predicted octanol–water partition coefficient (Wildman–Crippen LogP) is 31.9. The zero-order valence-electron chi connectivity index (χ0n) is 80.7. The highest BCUT2D eigenvalue weighted by atomic mass is 32.1. The smallest absolute Gasteiger partial charge is 0.119 e. The monoisotopic (exact) mass is 1660 g/mol. The summed E-state index contributed by atoms with van der Waals surface area (Å²) < 4.78 is 10.4. The van der Waals surface area contributed by atoms with Crippen LogP contribution in [0.25, 0.3) is 27.8 Å². The maximum Gasteiger partial charge on any atom is 0.119 e. The number of ether oxygens (including phenoxy) is 1. The fourth-order valence-corrected chi connectivity index (χ4v) is 14.0. The number of allylic oxidation sites excluding steroid dienone is 1. The number of hydrogen-bond donors (Lipinski definition) is 0. The zero-order chi connectivity index (χ0) is 90.2. The number of furan rings is 1. The Hall–Kier alpha value is -8.77. The molecular weight excluding hydrogens is 1500 g/mol. The Kier molecular flexibility index (Phi) is 40.1. The summed E-state index contributed by atoms with van der Waals surface area (Å²) in [5, 5.41) is 9.18. The van der Waals surface area contributed by atoms with Crippen molar-refractivity contribution in [2.75, 3.05) is 7.11 Å². The van der Waals surface area contributed by atoms with Crippen molar-refractivity contribution < 1.29 is 9.15 Å². The molecule has 120 heavy (non-hydrogen) atoms. The Morgan fingerprint density at radius 1 is 0.383 bits per heavy atom. The summed E-state index contributed by atoms with van der Waals surface area (Å²) in [7, 11) is 1.68. The minimum atomic E-state index is 0.0914. The van der Waals surface area contributed by atoms with Gasteiger partial charge < -0.3 is 9.15 Å². The third kappa shape index (κ3) is 38.5. The zero-order valence-corrected chi connectivity index (χ0v) is 82.3. The van der Waals surface area contributed by atoms with Gasteiger partial charge in [-0.3, -0.25) is 19.9 Å². The molecule has 0 unspecified atom stereocenters. The van der Waals surface area contributed by atoms with Gasteiger partial charge in [0.15, 0.2) is 0 Å². The van der Waals surface area contributed by atoms with E-state index in [2.05, 4.69) is 390 Å². The first kappa shape index (κ1) is 104. The Morgan fingerprint density at radius 3 is 1.38 bits per heavy atom. The largest absolute Gasteiger partial charge is 0.497 e. The molecule has 0 amide bonds. The van der Waals surface area contributed by atoms with E-state index in [4.69, 9.17) is 9.15 Å². The summed E-state index contributed by atoms with van der Waals surface area (Å²) in [5.41, 5.74) is 15.7. The molecule has 0 spiro atoms. The summed E-state index contributed by atoms with van der Waals surface area (Å²) in [6.07, 6.45) is 28.9. The second kappa shape index (κ2) is 46.5. The van der Waals surface area contributed by atoms with E-state index < -0.39 is 0 Å². The topological polar surface area (TPSA) is 113 Å². The quantitative estimate of drug-likeness (QED) is 0.159. The summed E-state index contributed by atoms with van der Waals surface area (Å²) in [6.45, 7) is 72.9. The van der Waals surface area contributed by atoms with Gasteiger partial charge in [-0.2, -0.15) is 0 Å². The molecule has 14 rings (SSSR count). The molecule has 4 aromatic carbocycles. The lowest BCUT2D eigenvalue weighted by Crippen LogP contribution is -2.22. The maximum absolute atomic E-state index is 5.20. The molecule has 0 aliphatic heterocycles. The Bertz CT molecular complexity index is 4490. The van der Waals surface area contributed by atoms with Crippen molar-refractivity contribution in [2.45, 2.75) is 316 Å². The normalized spacial score (nSPS) is 13.1. The van der Waals surface area contributed by atoms with E-state index in [1.54, 1.807) is 42.8 Å². The fraction of sp³-hybridized carbons (Fsp3) is 0.477. The van der Waals surface area contributed by atoms with Crippen LogP contribution in [0.2, 0.25) is 0 Å². The summed E-state index contributed by atoms with van der Waals surface area (Å²) in [5.74, 6) is 2.92. The van der Waals surface area contributed by atoms with Crippen molar-refractivity contribution >= 4 is 50.4 Å². The number of pyridine rings is 4. The number of methoxy groups -OCH3 is 1. The van der Waals surface area contributed by atoms with Gasteiger partial charge in [-0.1, -0.05) is 350 Å². The van der Waals surface area contributed by atoms with Gasteiger partial charge in [0.25, 0.3) is 0 Å². The van der Waals surface area contributed by atoms with Gasteiger partial charge in [-0.05, 0) is 185 Å².